The molecule has 0 N–H and O–H groups in total. The Morgan fingerprint density at radius 1 is 1.78 bits per heavy atom. The molecule has 0 aromatic heterocycles. The molecule has 2 nitrogen and oxygen atoms in total. The molecule has 9 heavy (non-hydrogen) atoms. The number of hydrogen-bond donors (Lipinski definition) is 0. The zero-order valence-corrected chi connectivity index (χ0v) is 6.18. The third kappa shape index (κ3) is 4.01. The van der Waals surface area contributed by atoms with Gasteiger partial charge < -0.3 is 4.74 Å². The van der Waals surface area contributed by atoms with E-state index in [1.54, 1.807) is 6.92 Å². The fourth-order valence-corrected chi connectivity index (χ4v) is 0.359. The Bertz CT molecular complexity index is 88.9. The van der Waals surface area contributed by atoms with Gasteiger partial charge in [0.15, 0.2) is 0 Å². The molecular formula is C7H13O2. The summed E-state index contributed by atoms with van der Waals surface area (Å²) in [5.74, 6) is -0.138. The molecule has 0 amide bonds. The minimum atomic E-state index is -0.138. The van der Waals surface area contributed by atoms with Crippen molar-refractivity contribution >= 4 is 5.97 Å². The molecule has 53 valence electrons. The third-order valence-corrected chi connectivity index (χ3v) is 1.08. The number of hydrogen-bond acceptors (Lipinski definition) is 2. The van der Waals surface area contributed by atoms with Gasteiger partial charge in [-0.3, -0.25) is 4.79 Å². The number of esters is 1. The summed E-state index contributed by atoms with van der Waals surface area (Å²) >= 11 is 0. The van der Waals surface area contributed by atoms with Crippen LogP contribution in [0.5, 0.6) is 0 Å². The molecule has 0 spiro atoms. The van der Waals surface area contributed by atoms with Gasteiger partial charge in [0.05, 0.1) is 0 Å². The summed E-state index contributed by atoms with van der Waals surface area (Å²) in [4.78, 5) is 10.5. The summed E-state index contributed by atoms with van der Waals surface area (Å²) in [7, 11) is 0. The fraction of sp³-hybridized carbons (Fsp3) is 0.714. The van der Waals surface area contributed by atoms with Crippen molar-refractivity contribution in [3.05, 3.63) is 6.42 Å². The molecule has 0 rings (SSSR count). The van der Waals surface area contributed by atoms with Gasteiger partial charge in [-0.15, -0.1) is 0 Å². The Morgan fingerprint density at radius 2 is 2.33 bits per heavy atom. The molecule has 0 saturated heterocycles. The predicted molar refractivity (Wildman–Crippen MR) is 35.8 cm³/mol. The molecule has 0 fully saturated rings. The number of rotatable bonds is 3. The highest BCUT2D eigenvalue weighted by molar-refractivity contribution is 5.69. The lowest BCUT2D eigenvalue weighted by Gasteiger charge is -2.08. The van der Waals surface area contributed by atoms with Crippen LogP contribution in [0.15, 0.2) is 0 Å². The summed E-state index contributed by atoms with van der Waals surface area (Å²) in [6.07, 6.45) is 2.25. The minimum Gasteiger partial charge on any atom is -0.462 e. The average molecular weight is 129 g/mol. The van der Waals surface area contributed by atoms with Gasteiger partial charge in [0.2, 0.25) is 0 Å². The summed E-state index contributed by atoms with van der Waals surface area (Å²) in [5.41, 5.74) is 0. The molecule has 1 unspecified atom stereocenters. The number of ether oxygens (including phenoxy) is 1. The van der Waals surface area contributed by atoms with E-state index in [0.29, 0.717) is 6.42 Å². The lowest BCUT2D eigenvalue weighted by atomic mass is 10.3. The largest absolute Gasteiger partial charge is 0.462 e. The molecule has 0 bridgehead atoms. The monoisotopic (exact) mass is 129 g/mol. The molecule has 0 heterocycles. The molecule has 2 heteroatoms. The van der Waals surface area contributed by atoms with E-state index in [1.807, 2.05) is 20.3 Å². The molecule has 0 aliphatic heterocycles. The quantitative estimate of drug-likeness (QED) is 0.540. The van der Waals surface area contributed by atoms with Gasteiger partial charge in [0.1, 0.15) is 6.10 Å². The van der Waals surface area contributed by atoms with Crippen molar-refractivity contribution in [3.8, 4) is 0 Å². The zero-order chi connectivity index (χ0) is 7.28. The minimum absolute atomic E-state index is 0.0440. The second kappa shape index (κ2) is 4.36. The van der Waals surface area contributed by atoms with Crippen LogP contribution in [0, 0.1) is 6.42 Å². The van der Waals surface area contributed by atoms with E-state index in [2.05, 4.69) is 0 Å². The first kappa shape index (κ1) is 8.47. The summed E-state index contributed by atoms with van der Waals surface area (Å²) in [6.45, 7) is 5.49. The molecule has 0 aliphatic carbocycles. The molecule has 0 aromatic carbocycles. The first-order valence-corrected chi connectivity index (χ1v) is 3.19. The zero-order valence-electron chi connectivity index (χ0n) is 6.18. The van der Waals surface area contributed by atoms with Crippen LogP contribution < -0.4 is 0 Å². The first-order chi connectivity index (χ1) is 4.20. The summed E-state index contributed by atoms with van der Waals surface area (Å²) in [6, 6.07) is 0. The Kier molecular flexibility index (Phi) is 4.10. The average Bonchev–Trinajstić information content (AvgIpc) is 1.87. The van der Waals surface area contributed by atoms with E-state index in [0.717, 1.165) is 0 Å². The second-order valence-electron chi connectivity index (χ2n) is 1.88. The van der Waals surface area contributed by atoms with Crippen LogP contribution in [0.25, 0.3) is 0 Å². The van der Waals surface area contributed by atoms with Crippen LogP contribution in [-0.4, -0.2) is 12.1 Å². The van der Waals surface area contributed by atoms with Crippen LogP contribution >= 0.6 is 0 Å². The molecule has 1 atom stereocenters. The summed E-state index contributed by atoms with van der Waals surface area (Å²) < 4.78 is 4.85. The molecule has 1 radical (unpaired) electrons. The van der Waals surface area contributed by atoms with Gasteiger partial charge in [0.25, 0.3) is 0 Å². The van der Waals surface area contributed by atoms with E-state index < -0.39 is 0 Å². The lowest BCUT2D eigenvalue weighted by Crippen LogP contribution is -2.12. The van der Waals surface area contributed by atoms with E-state index >= 15 is 0 Å². The van der Waals surface area contributed by atoms with Crippen LogP contribution in [-0.2, 0) is 9.53 Å². The Morgan fingerprint density at radius 3 is 2.67 bits per heavy atom. The van der Waals surface area contributed by atoms with Crippen molar-refractivity contribution in [3.63, 3.8) is 0 Å². The maximum absolute atomic E-state index is 10.5. The van der Waals surface area contributed by atoms with Gasteiger partial charge in [0, 0.05) is 6.42 Å². The molecule has 0 saturated carbocycles. The van der Waals surface area contributed by atoms with Gasteiger partial charge in [-0.05, 0) is 13.3 Å². The Balaban J connectivity index is 3.34. The lowest BCUT2D eigenvalue weighted by molar-refractivity contribution is -0.146. The van der Waals surface area contributed by atoms with Gasteiger partial charge in [-0.25, -0.2) is 0 Å². The molecule has 0 aromatic rings. The van der Waals surface area contributed by atoms with Gasteiger partial charge in [-0.2, -0.15) is 0 Å². The standard InChI is InChI=1S/C7H13O2/c1-4-6(3)9-7(8)5-2/h4,6H,5H2,1-3H3. The van der Waals surface area contributed by atoms with E-state index in [9.17, 15) is 4.79 Å². The maximum atomic E-state index is 10.5. The van der Waals surface area contributed by atoms with Crippen LogP contribution in [0.3, 0.4) is 0 Å². The normalized spacial score (nSPS) is 12.8. The van der Waals surface area contributed by atoms with Crippen LogP contribution in [0.2, 0.25) is 0 Å². The fourth-order valence-electron chi connectivity index (χ4n) is 0.359. The Labute approximate surface area is 56.2 Å². The SMILES string of the molecule is C[CH]C(C)OC(=O)CC. The van der Waals surface area contributed by atoms with Crippen molar-refractivity contribution in [2.75, 3.05) is 0 Å². The second-order valence-corrected chi connectivity index (χ2v) is 1.88. The van der Waals surface area contributed by atoms with Crippen molar-refractivity contribution in [1.82, 2.24) is 0 Å². The van der Waals surface area contributed by atoms with E-state index in [-0.39, 0.29) is 12.1 Å². The first-order valence-electron chi connectivity index (χ1n) is 3.19. The topological polar surface area (TPSA) is 26.3 Å². The Hall–Kier alpha value is -0.530. The molecular weight excluding hydrogens is 116 g/mol. The van der Waals surface area contributed by atoms with Gasteiger partial charge in [-0.1, -0.05) is 13.8 Å². The number of carbonyl (C=O) groups is 1. The highest BCUT2D eigenvalue weighted by atomic mass is 16.5. The maximum Gasteiger partial charge on any atom is 0.305 e. The smallest absolute Gasteiger partial charge is 0.305 e. The highest BCUT2D eigenvalue weighted by Crippen LogP contribution is 1.96. The van der Waals surface area contributed by atoms with Crippen molar-refractivity contribution in [2.45, 2.75) is 33.3 Å². The van der Waals surface area contributed by atoms with E-state index in [1.165, 1.54) is 0 Å². The predicted octanol–water partition coefficient (Wildman–Crippen LogP) is 1.55. The van der Waals surface area contributed by atoms with Crippen molar-refractivity contribution in [1.29, 1.82) is 0 Å². The van der Waals surface area contributed by atoms with Crippen LogP contribution in [0.1, 0.15) is 27.2 Å². The number of carbonyl (C=O) groups excluding carboxylic acids is 1. The van der Waals surface area contributed by atoms with Crippen LogP contribution in [0.4, 0.5) is 0 Å². The highest BCUT2D eigenvalue weighted by Gasteiger charge is 2.03. The van der Waals surface area contributed by atoms with E-state index in [4.69, 9.17) is 4.74 Å². The van der Waals surface area contributed by atoms with Crippen molar-refractivity contribution < 1.29 is 9.53 Å². The summed E-state index contributed by atoms with van der Waals surface area (Å²) in [5, 5.41) is 0. The molecule has 0 aliphatic rings. The van der Waals surface area contributed by atoms with Gasteiger partial charge >= 0.3 is 5.97 Å². The van der Waals surface area contributed by atoms with Crippen molar-refractivity contribution in [2.24, 2.45) is 0 Å². The third-order valence-electron chi connectivity index (χ3n) is 1.08.